The van der Waals surface area contributed by atoms with Crippen LogP contribution in [-0.4, -0.2) is 20.1 Å². The van der Waals surface area contributed by atoms with Crippen molar-refractivity contribution in [1.29, 1.82) is 0 Å². The van der Waals surface area contributed by atoms with Gasteiger partial charge in [-0.2, -0.15) is 0 Å². The molecular weight excluding hydrogens is 422 g/mol. The second-order valence-electron chi connectivity index (χ2n) is 12.6. The second-order valence-corrected chi connectivity index (χ2v) is 17.1. The van der Waals surface area contributed by atoms with Crippen LogP contribution in [0.15, 0.2) is 47.1 Å². The first-order valence-corrected chi connectivity index (χ1v) is 16.7. The van der Waals surface area contributed by atoms with Gasteiger partial charge in [0.25, 0.3) is 0 Å². The Morgan fingerprint density at radius 2 is 1.70 bits per heavy atom. The Morgan fingerprint density at radius 3 is 2.45 bits per heavy atom. The van der Waals surface area contributed by atoms with Crippen LogP contribution < -0.4 is 0 Å². The lowest BCUT2D eigenvalue weighted by atomic mass is 9.48. The molecule has 4 aliphatic rings. The Kier molecular flexibility index (Phi) is 6.14. The van der Waals surface area contributed by atoms with Gasteiger partial charge in [0.15, 0.2) is 8.32 Å². The molecule has 1 aromatic carbocycles. The van der Waals surface area contributed by atoms with Gasteiger partial charge < -0.3 is 9.26 Å². The first kappa shape index (κ1) is 23.4. The van der Waals surface area contributed by atoms with Gasteiger partial charge in [-0.25, -0.2) is 0 Å². The summed E-state index contributed by atoms with van der Waals surface area (Å²) in [5, 5.41) is 4.74. The summed E-state index contributed by atoms with van der Waals surface area (Å²) >= 11 is 0. The lowest BCUT2D eigenvalue weighted by molar-refractivity contribution is -0.0197. The van der Waals surface area contributed by atoms with Crippen molar-refractivity contribution in [3.63, 3.8) is 0 Å². The van der Waals surface area contributed by atoms with E-state index in [0.29, 0.717) is 18.1 Å². The highest BCUT2D eigenvalue weighted by atomic mass is 28.4. The van der Waals surface area contributed by atoms with Crippen LogP contribution in [0.25, 0.3) is 0 Å². The zero-order valence-corrected chi connectivity index (χ0v) is 22.4. The number of allylic oxidation sites excluding steroid dienone is 1. The number of benzene rings is 1. The summed E-state index contributed by atoms with van der Waals surface area (Å²) in [5.41, 5.74) is 4.84. The highest BCUT2D eigenvalue weighted by Gasteiger charge is 2.58. The Balaban J connectivity index is 1.30. The lowest BCUT2D eigenvalue weighted by Crippen LogP contribution is -2.51. The van der Waals surface area contributed by atoms with Gasteiger partial charge in [0.1, 0.15) is 6.61 Å². The zero-order chi connectivity index (χ0) is 23.3. The number of fused-ring (bicyclic) bond motifs is 5. The van der Waals surface area contributed by atoms with Gasteiger partial charge >= 0.3 is 0 Å². The van der Waals surface area contributed by atoms with Gasteiger partial charge in [0.2, 0.25) is 0 Å². The largest absolute Gasteiger partial charge is 0.414 e. The molecule has 0 spiro atoms. The average molecular weight is 466 g/mol. The number of hydrogen-bond donors (Lipinski definition) is 0. The van der Waals surface area contributed by atoms with Gasteiger partial charge in [-0.3, -0.25) is 0 Å². The molecule has 0 unspecified atom stereocenters. The molecule has 6 atom stereocenters. The van der Waals surface area contributed by atoms with Crippen LogP contribution in [0, 0.1) is 28.6 Å². The SMILES string of the molecule is C[C@]12CC[C@H](O[Si](C)(C)C)CC1=CC[C@@H]1[C@@H]2CC[C@]2(C)/C(=N\OCc3ccccc3)CC[C@@H]12. The van der Waals surface area contributed by atoms with E-state index in [-0.39, 0.29) is 5.41 Å². The van der Waals surface area contributed by atoms with Gasteiger partial charge in [-0.1, -0.05) is 61.0 Å². The minimum absolute atomic E-state index is 0.220. The first-order chi connectivity index (χ1) is 15.7. The van der Waals surface area contributed by atoms with Crippen molar-refractivity contribution >= 4 is 14.0 Å². The molecule has 4 heteroatoms. The number of nitrogens with zero attached hydrogens (tertiary/aromatic N) is 1. The topological polar surface area (TPSA) is 30.8 Å². The fraction of sp³-hybridized carbons (Fsp3) is 0.690. The van der Waals surface area contributed by atoms with E-state index in [0.717, 1.165) is 24.2 Å². The molecule has 3 nitrogen and oxygen atoms in total. The molecule has 180 valence electrons. The third-order valence-corrected chi connectivity index (χ3v) is 10.6. The Labute approximate surface area is 202 Å². The van der Waals surface area contributed by atoms with Crippen molar-refractivity contribution in [2.45, 2.75) is 97.6 Å². The molecular formula is C29H43NO2Si. The monoisotopic (exact) mass is 465 g/mol. The highest BCUT2D eigenvalue weighted by Crippen LogP contribution is 2.64. The molecule has 5 rings (SSSR count). The number of oxime groups is 1. The molecule has 0 aromatic heterocycles. The van der Waals surface area contributed by atoms with E-state index in [1.165, 1.54) is 56.2 Å². The third-order valence-electron chi connectivity index (χ3n) is 9.57. The average Bonchev–Trinajstić information content (AvgIpc) is 3.10. The second kappa shape index (κ2) is 8.68. The number of hydrogen-bond acceptors (Lipinski definition) is 3. The van der Waals surface area contributed by atoms with Gasteiger partial charge in [-0.15, -0.1) is 0 Å². The Morgan fingerprint density at radius 1 is 0.970 bits per heavy atom. The molecule has 0 N–H and O–H groups in total. The van der Waals surface area contributed by atoms with E-state index in [4.69, 9.17) is 14.4 Å². The van der Waals surface area contributed by atoms with Crippen LogP contribution in [0.5, 0.6) is 0 Å². The minimum Gasteiger partial charge on any atom is -0.414 e. The standard InChI is InChI=1S/C29H43NO2Si/c1-28-17-15-23(32-33(3,4)5)19-22(28)11-12-24-25-13-14-27(29(25,2)18-16-26(24)28)30-31-20-21-9-7-6-8-10-21/h6-11,23-26H,12-20H2,1-5H3/b30-27-/t23-,24-,25-,26-,28-,29-/m0/s1. The number of rotatable bonds is 5. The quantitative estimate of drug-likeness (QED) is 0.253. The molecule has 33 heavy (non-hydrogen) atoms. The van der Waals surface area contributed by atoms with Crippen molar-refractivity contribution in [3.8, 4) is 0 Å². The van der Waals surface area contributed by atoms with Crippen molar-refractivity contribution in [2.75, 3.05) is 0 Å². The molecule has 3 fully saturated rings. The molecule has 0 radical (unpaired) electrons. The first-order valence-electron chi connectivity index (χ1n) is 13.3. The molecule has 3 saturated carbocycles. The highest BCUT2D eigenvalue weighted by molar-refractivity contribution is 6.69. The molecule has 0 saturated heterocycles. The van der Waals surface area contributed by atoms with Crippen LogP contribution >= 0.6 is 0 Å². The van der Waals surface area contributed by atoms with E-state index < -0.39 is 8.32 Å². The van der Waals surface area contributed by atoms with Crippen LogP contribution in [0.2, 0.25) is 19.6 Å². The van der Waals surface area contributed by atoms with Gasteiger partial charge in [0.05, 0.1) is 5.71 Å². The normalized spacial score (nSPS) is 39.4. The maximum atomic E-state index is 6.55. The molecule has 0 bridgehead atoms. The van der Waals surface area contributed by atoms with Crippen molar-refractivity contribution in [1.82, 2.24) is 0 Å². The van der Waals surface area contributed by atoms with Crippen molar-refractivity contribution in [3.05, 3.63) is 47.5 Å². The van der Waals surface area contributed by atoms with Gasteiger partial charge in [-0.05, 0) is 99.7 Å². The van der Waals surface area contributed by atoms with E-state index >= 15 is 0 Å². The van der Waals surface area contributed by atoms with Crippen LogP contribution in [0.3, 0.4) is 0 Å². The molecule has 0 aliphatic heterocycles. The maximum Gasteiger partial charge on any atom is 0.184 e. The summed E-state index contributed by atoms with van der Waals surface area (Å²) in [6.45, 7) is 12.6. The fourth-order valence-corrected chi connectivity index (χ4v) is 9.13. The molecule has 4 aliphatic carbocycles. The smallest absolute Gasteiger partial charge is 0.184 e. The summed E-state index contributed by atoms with van der Waals surface area (Å²) in [6.07, 6.45) is 13.1. The lowest BCUT2D eigenvalue weighted by Gasteiger charge is -2.57. The van der Waals surface area contributed by atoms with E-state index in [1.807, 2.05) is 6.07 Å². The van der Waals surface area contributed by atoms with Crippen LogP contribution in [0.1, 0.15) is 70.8 Å². The molecule has 0 heterocycles. The van der Waals surface area contributed by atoms with Gasteiger partial charge in [0, 0.05) is 11.5 Å². The van der Waals surface area contributed by atoms with E-state index in [2.05, 4.69) is 63.8 Å². The maximum absolute atomic E-state index is 6.55. The predicted octanol–water partition coefficient (Wildman–Crippen LogP) is 7.74. The predicted molar refractivity (Wildman–Crippen MR) is 139 cm³/mol. The van der Waals surface area contributed by atoms with Crippen molar-refractivity contribution < 1.29 is 9.26 Å². The Hall–Kier alpha value is -1.39. The van der Waals surface area contributed by atoms with Crippen molar-refractivity contribution in [2.24, 2.45) is 33.7 Å². The van der Waals surface area contributed by atoms with Crippen LogP contribution in [0.4, 0.5) is 0 Å². The fourth-order valence-electron chi connectivity index (χ4n) is 7.93. The summed E-state index contributed by atoms with van der Waals surface area (Å²) in [6, 6.07) is 10.4. The van der Waals surface area contributed by atoms with E-state index in [1.54, 1.807) is 5.57 Å². The summed E-state index contributed by atoms with van der Waals surface area (Å²) < 4.78 is 6.55. The molecule has 0 amide bonds. The summed E-state index contributed by atoms with van der Waals surface area (Å²) in [7, 11) is -1.48. The zero-order valence-electron chi connectivity index (χ0n) is 21.4. The van der Waals surface area contributed by atoms with E-state index in [9.17, 15) is 0 Å². The summed E-state index contributed by atoms with van der Waals surface area (Å²) in [4.78, 5) is 5.88. The molecule has 1 aromatic rings. The summed E-state index contributed by atoms with van der Waals surface area (Å²) in [5.74, 6) is 2.38. The third kappa shape index (κ3) is 4.38. The Bertz CT molecular complexity index is 919. The minimum atomic E-state index is -1.48. The van der Waals surface area contributed by atoms with Crippen LogP contribution in [-0.2, 0) is 15.9 Å².